The lowest BCUT2D eigenvalue weighted by atomic mass is 10.1. The van der Waals surface area contributed by atoms with E-state index in [1.165, 1.54) is 10.9 Å². The van der Waals surface area contributed by atoms with Crippen LogP contribution in [0.1, 0.15) is 55.1 Å². The third-order valence-corrected chi connectivity index (χ3v) is 5.99. The average molecular weight is 522 g/mol. The Kier molecular flexibility index (Phi) is 7.07. The number of halogens is 1. The molecule has 0 saturated heterocycles. The molecule has 0 N–H and O–H groups in total. The molecular formula is C26H24BrN3O4. The predicted octanol–water partition coefficient (Wildman–Crippen LogP) is 5.99. The van der Waals surface area contributed by atoms with E-state index in [0.717, 1.165) is 16.5 Å². The Morgan fingerprint density at radius 2 is 1.94 bits per heavy atom. The van der Waals surface area contributed by atoms with Gasteiger partial charge in [0.05, 0.1) is 29.3 Å². The lowest BCUT2D eigenvalue weighted by molar-refractivity contribution is 0.0526. The summed E-state index contributed by atoms with van der Waals surface area (Å²) in [6.07, 6.45) is 2.33. The monoisotopic (exact) mass is 521 g/mol. The molecule has 0 spiro atoms. The van der Waals surface area contributed by atoms with Gasteiger partial charge >= 0.3 is 5.97 Å². The molecule has 0 fully saturated rings. The quantitative estimate of drug-likeness (QED) is 0.220. The molecule has 0 saturated carbocycles. The van der Waals surface area contributed by atoms with Crippen molar-refractivity contribution >= 4 is 39.0 Å². The molecule has 0 aliphatic carbocycles. The third-order valence-electron chi connectivity index (χ3n) is 5.49. The third kappa shape index (κ3) is 4.87. The second-order valence-electron chi connectivity index (χ2n) is 7.80. The summed E-state index contributed by atoms with van der Waals surface area (Å²) in [5, 5.41) is 4.92. The number of fused-ring (bicyclic) bond motifs is 1. The summed E-state index contributed by atoms with van der Waals surface area (Å²) < 4.78 is 13.1. The topological polar surface area (TPSA) is 86.7 Å². The molecule has 4 rings (SSSR count). The molecule has 174 valence electrons. The number of furan rings is 1. The minimum Gasteiger partial charge on any atom is -0.462 e. The fourth-order valence-corrected chi connectivity index (χ4v) is 3.82. The van der Waals surface area contributed by atoms with Crippen molar-refractivity contribution in [3.05, 3.63) is 86.6 Å². The van der Waals surface area contributed by atoms with Crippen LogP contribution in [0.25, 0.3) is 22.2 Å². The zero-order valence-corrected chi connectivity index (χ0v) is 20.7. The summed E-state index contributed by atoms with van der Waals surface area (Å²) in [5.74, 6) is 1.38. The molecule has 0 bridgehead atoms. The van der Waals surface area contributed by atoms with Crippen LogP contribution < -0.4 is 5.56 Å². The Hall–Kier alpha value is -3.52. The first-order chi connectivity index (χ1) is 16.4. The van der Waals surface area contributed by atoms with Gasteiger partial charge in [0.2, 0.25) is 0 Å². The van der Waals surface area contributed by atoms with E-state index in [0.29, 0.717) is 40.4 Å². The SMILES string of the molecule is CCOC(=O)c1ccc(-c2ccc(C=Nn3c([C@@H](C)CC)nc4ccc(Br)cc4c3=O)o2)cc1. The number of nitrogens with zero attached hydrogens (tertiary/aromatic N) is 3. The molecule has 1 atom stereocenters. The maximum Gasteiger partial charge on any atom is 0.338 e. The van der Waals surface area contributed by atoms with Crippen LogP contribution in [-0.2, 0) is 4.74 Å². The first-order valence-corrected chi connectivity index (χ1v) is 11.8. The van der Waals surface area contributed by atoms with E-state index in [1.807, 2.05) is 32.0 Å². The maximum absolute atomic E-state index is 13.2. The molecule has 4 aromatic rings. The fourth-order valence-electron chi connectivity index (χ4n) is 3.46. The van der Waals surface area contributed by atoms with Crippen LogP contribution in [0, 0.1) is 0 Å². The van der Waals surface area contributed by atoms with E-state index < -0.39 is 0 Å². The van der Waals surface area contributed by atoms with Gasteiger partial charge in [-0.25, -0.2) is 9.78 Å². The Labute approximate surface area is 205 Å². The van der Waals surface area contributed by atoms with Crippen molar-refractivity contribution in [3.63, 3.8) is 0 Å². The zero-order valence-electron chi connectivity index (χ0n) is 19.1. The van der Waals surface area contributed by atoms with Gasteiger partial charge in [-0.15, -0.1) is 0 Å². The van der Waals surface area contributed by atoms with Gasteiger partial charge in [-0.3, -0.25) is 4.79 Å². The van der Waals surface area contributed by atoms with Crippen molar-refractivity contribution in [2.75, 3.05) is 6.61 Å². The van der Waals surface area contributed by atoms with Crippen LogP contribution in [0.5, 0.6) is 0 Å². The number of carbonyl (C=O) groups excluding carboxylic acids is 1. The molecule has 0 aliphatic heterocycles. The van der Waals surface area contributed by atoms with Crippen LogP contribution >= 0.6 is 15.9 Å². The van der Waals surface area contributed by atoms with Gasteiger partial charge in [-0.2, -0.15) is 9.78 Å². The summed E-state index contributed by atoms with van der Waals surface area (Å²) in [7, 11) is 0. The van der Waals surface area contributed by atoms with E-state index in [9.17, 15) is 9.59 Å². The molecule has 0 aliphatic rings. The highest BCUT2D eigenvalue weighted by atomic mass is 79.9. The molecule has 34 heavy (non-hydrogen) atoms. The Balaban J connectivity index is 1.66. The lowest BCUT2D eigenvalue weighted by Gasteiger charge is -2.13. The molecule has 0 radical (unpaired) electrons. The first kappa shape index (κ1) is 23.6. The van der Waals surface area contributed by atoms with Gasteiger partial charge in [0.1, 0.15) is 17.3 Å². The highest BCUT2D eigenvalue weighted by Gasteiger charge is 2.16. The second-order valence-corrected chi connectivity index (χ2v) is 8.72. The van der Waals surface area contributed by atoms with E-state index in [-0.39, 0.29) is 17.4 Å². The molecule has 0 amide bonds. The number of carbonyl (C=O) groups is 1. The fraction of sp³-hybridized carbons (Fsp3) is 0.231. The summed E-state index contributed by atoms with van der Waals surface area (Å²) in [6, 6.07) is 16.0. The molecule has 0 unspecified atom stereocenters. The van der Waals surface area contributed by atoms with Crippen LogP contribution in [0.2, 0.25) is 0 Å². The average Bonchev–Trinajstić information content (AvgIpc) is 3.32. The van der Waals surface area contributed by atoms with Crippen molar-refractivity contribution in [2.45, 2.75) is 33.1 Å². The largest absolute Gasteiger partial charge is 0.462 e. The summed E-state index contributed by atoms with van der Waals surface area (Å²) >= 11 is 3.42. The molecule has 2 aromatic carbocycles. The molecule has 2 aromatic heterocycles. The van der Waals surface area contributed by atoms with Crippen LogP contribution in [0.15, 0.2) is 73.4 Å². The van der Waals surface area contributed by atoms with Gasteiger partial charge in [0.25, 0.3) is 5.56 Å². The number of hydrogen-bond donors (Lipinski definition) is 0. The van der Waals surface area contributed by atoms with Gasteiger partial charge in [0.15, 0.2) is 0 Å². The van der Waals surface area contributed by atoms with E-state index >= 15 is 0 Å². The zero-order chi connectivity index (χ0) is 24.2. The minimum absolute atomic E-state index is 0.0444. The highest BCUT2D eigenvalue weighted by Crippen LogP contribution is 2.23. The van der Waals surface area contributed by atoms with Crippen LogP contribution in [-0.4, -0.2) is 28.5 Å². The smallest absolute Gasteiger partial charge is 0.338 e. The van der Waals surface area contributed by atoms with Crippen LogP contribution in [0.4, 0.5) is 0 Å². The maximum atomic E-state index is 13.2. The van der Waals surface area contributed by atoms with Crippen LogP contribution in [0.3, 0.4) is 0 Å². The standard InChI is InChI=1S/C26H24BrN3O4/c1-4-16(3)24-29-22-12-10-19(27)14-21(22)25(31)30(24)28-15-20-11-13-23(34-20)17-6-8-18(9-7-17)26(32)33-5-2/h6-16H,4-5H2,1-3H3/t16-/m0/s1. The second kappa shape index (κ2) is 10.2. The number of aromatic nitrogens is 2. The number of hydrogen-bond acceptors (Lipinski definition) is 6. The number of ether oxygens (including phenoxy) is 1. The van der Waals surface area contributed by atoms with Crippen molar-refractivity contribution < 1.29 is 13.9 Å². The highest BCUT2D eigenvalue weighted by molar-refractivity contribution is 9.10. The number of rotatable bonds is 7. The van der Waals surface area contributed by atoms with E-state index in [1.54, 1.807) is 43.3 Å². The van der Waals surface area contributed by atoms with E-state index in [4.69, 9.17) is 14.1 Å². The normalized spacial score (nSPS) is 12.4. The Bertz CT molecular complexity index is 1420. The molecular weight excluding hydrogens is 498 g/mol. The molecule has 7 nitrogen and oxygen atoms in total. The van der Waals surface area contributed by atoms with Gasteiger partial charge in [0, 0.05) is 16.0 Å². The lowest BCUT2D eigenvalue weighted by Crippen LogP contribution is -2.23. The Morgan fingerprint density at radius 1 is 1.18 bits per heavy atom. The first-order valence-electron chi connectivity index (χ1n) is 11.0. The molecule has 8 heteroatoms. The van der Waals surface area contributed by atoms with Crippen molar-refractivity contribution in [1.29, 1.82) is 0 Å². The minimum atomic E-state index is -0.361. The Morgan fingerprint density at radius 3 is 2.65 bits per heavy atom. The summed E-state index contributed by atoms with van der Waals surface area (Å²) in [6.45, 7) is 6.16. The molecule has 2 heterocycles. The van der Waals surface area contributed by atoms with Gasteiger partial charge in [-0.1, -0.05) is 41.9 Å². The van der Waals surface area contributed by atoms with Crippen molar-refractivity contribution in [2.24, 2.45) is 5.10 Å². The van der Waals surface area contributed by atoms with E-state index in [2.05, 4.69) is 21.0 Å². The van der Waals surface area contributed by atoms with Gasteiger partial charge in [-0.05, 0) is 55.8 Å². The summed E-state index contributed by atoms with van der Waals surface area (Å²) in [4.78, 5) is 29.8. The summed E-state index contributed by atoms with van der Waals surface area (Å²) in [5.41, 5.74) is 1.69. The van der Waals surface area contributed by atoms with Gasteiger partial charge < -0.3 is 9.15 Å². The number of benzene rings is 2. The van der Waals surface area contributed by atoms with Crippen molar-refractivity contribution in [1.82, 2.24) is 9.66 Å². The van der Waals surface area contributed by atoms with Crippen molar-refractivity contribution in [3.8, 4) is 11.3 Å². The predicted molar refractivity (Wildman–Crippen MR) is 136 cm³/mol. The number of esters is 1.